The largest absolute Gasteiger partial charge is 0.477 e. The van der Waals surface area contributed by atoms with Crippen LogP contribution in [0.1, 0.15) is 56.0 Å². The quantitative estimate of drug-likeness (QED) is 0.366. The first-order valence-corrected chi connectivity index (χ1v) is 12.2. The number of nitrogens with one attached hydrogen (secondary N) is 1. The molecule has 35 heavy (non-hydrogen) atoms. The van der Waals surface area contributed by atoms with E-state index in [2.05, 4.69) is 5.32 Å². The van der Waals surface area contributed by atoms with Crippen LogP contribution in [0.5, 0.6) is 0 Å². The number of esters is 1. The highest BCUT2D eigenvalue weighted by molar-refractivity contribution is 5.92. The van der Waals surface area contributed by atoms with Crippen molar-refractivity contribution >= 4 is 22.8 Å². The number of benzene rings is 1. The van der Waals surface area contributed by atoms with Gasteiger partial charge in [0.05, 0.1) is 18.0 Å². The molecule has 0 aliphatic carbocycles. The number of aromatic carboxylic acids is 1. The molecule has 1 fully saturated rings. The molecule has 9 nitrogen and oxygen atoms in total. The zero-order chi connectivity index (χ0) is 25.5. The number of hydrogen-bond acceptors (Lipinski definition) is 7. The van der Waals surface area contributed by atoms with Gasteiger partial charge in [-0.25, -0.2) is 4.79 Å². The second kappa shape index (κ2) is 12.3. The van der Waals surface area contributed by atoms with E-state index in [0.29, 0.717) is 31.4 Å². The Bertz CT molecular complexity index is 1090. The van der Waals surface area contributed by atoms with E-state index in [0.717, 1.165) is 23.9 Å². The Morgan fingerprint density at radius 3 is 2.69 bits per heavy atom. The second-order valence-corrected chi connectivity index (χ2v) is 9.09. The van der Waals surface area contributed by atoms with E-state index >= 15 is 0 Å². The lowest BCUT2D eigenvalue weighted by atomic mass is 9.94. The van der Waals surface area contributed by atoms with Crippen molar-refractivity contribution in [1.29, 1.82) is 0 Å². The number of fused-ring (bicyclic) bond motifs is 1. The maximum Gasteiger partial charge on any atom is 0.341 e. The molecule has 4 atom stereocenters. The van der Waals surface area contributed by atoms with E-state index in [1.807, 2.05) is 32.9 Å². The lowest BCUT2D eigenvalue weighted by Crippen LogP contribution is -2.45. The van der Waals surface area contributed by atoms with Gasteiger partial charge in [0.25, 0.3) is 0 Å². The minimum absolute atomic E-state index is 0.163. The summed E-state index contributed by atoms with van der Waals surface area (Å²) in [6.07, 6.45) is 3.15. The summed E-state index contributed by atoms with van der Waals surface area (Å²) in [4.78, 5) is 36.3. The minimum atomic E-state index is -1.22. The molecule has 0 bridgehead atoms. The smallest absolute Gasteiger partial charge is 0.341 e. The maximum atomic E-state index is 12.6. The van der Waals surface area contributed by atoms with Gasteiger partial charge in [0.2, 0.25) is 5.43 Å². The SMILES string of the molecule is CCn1cc(C(=O)O)c(=O)c2cc(CCCNCCC(=O)OC3C(C)CC(OC)OC3C)ccc21. The monoisotopic (exact) mass is 488 g/mol. The third kappa shape index (κ3) is 6.68. The zero-order valence-corrected chi connectivity index (χ0v) is 20.9. The summed E-state index contributed by atoms with van der Waals surface area (Å²) in [5.74, 6) is -1.31. The molecular formula is C26H36N2O7. The van der Waals surface area contributed by atoms with Crippen LogP contribution in [0.15, 0.2) is 29.2 Å². The topological polar surface area (TPSA) is 116 Å². The fraction of sp³-hybridized carbons (Fsp3) is 0.577. The third-order valence-electron chi connectivity index (χ3n) is 6.53. The highest BCUT2D eigenvalue weighted by atomic mass is 16.7. The highest BCUT2D eigenvalue weighted by Gasteiger charge is 2.36. The Kier molecular flexibility index (Phi) is 9.42. The molecule has 1 saturated heterocycles. The molecule has 2 heterocycles. The van der Waals surface area contributed by atoms with Gasteiger partial charge in [-0.1, -0.05) is 13.0 Å². The first kappa shape index (κ1) is 26.8. The Balaban J connectivity index is 1.45. The predicted molar refractivity (Wildman–Crippen MR) is 132 cm³/mol. The van der Waals surface area contributed by atoms with Crippen LogP contribution in [0, 0.1) is 5.92 Å². The van der Waals surface area contributed by atoms with Gasteiger partial charge in [0.15, 0.2) is 6.29 Å². The van der Waals surface area contributed by atoms with E-state index in [1.54, 1.807) is 17.7 Å². The van der Waals surface area contributed by atoms with Crippen molar-refractivity contribution in [3.8, 4) is 0 Å². The van der Waals surface area contributed by atoms with Crippen LogP contribution in [0.25, 0.3) is 10.9 Å². The molecule has 0 radical (unpaired) electrons. The number of carboxylic acids is 1. The van der Waals surface area contributed by atoms with Gasteiger partial charge in [-0.3, -0.25) is 9.59 Å². The summed E-state index contributed by atoms with van der Waals surface area (Å²) >= 11 is 0. The fourth-order valence-electron chi connectivity index (χ4n) is 4.59. The van der Waals surface area contributed by atoms with Gasteiger partial charge >= 0.3 is 11.9 Å². The van der Waals surface area contributed by atoms with E-state index in [9.17, 15) is 19.5 Å². The number of pyridine rings is 1. The summed E-state index contributed by atoms with van der Waals surface area (Å²) in [6, 6.07) is 5.63. The zero-order valence-electron chi connectivity index (χ0n) is 20.9. The molecule has 0 spiro atoms. The summed E-state index contributed by atoms with van der Waals surface area (Å²) in [5, 5.41) is 13.0. The van der Waals surface area contributed by atoms with Crippen molar-refractivity contribution < 1.29 is 28.9 Å². The van der Waals surface area contributed by atoms with Crippen molar-refractivity contribution in [2.75, 3.05) is 20.2 Å². The number of carboxylic acid groups (broad SMARTS) is 1. The standard InChI is InChI=1S/C26H36N2O7/c1-5-28-15-20(26(31)32)24(30)19-14-18(8-9-21(19)28)7-6-11-27-12-10-22(29)35-25-16(2)13-23(33-4)34-17(25)3/h8-9,14-17,23,25,27H,5-7,10-13H2,1-4H3,(H,31,32). The number of hydrogen-bond donors (Lipinski definition) is 2. The van der Waals surface area contributed by atoms with Crippen molar-refractivity contribution in [3.05, 3.63) is 45.7 Å². The number of aromatic nitrogens is 1. The molecule has 2 aromatic rings. The minimum Gasteiger partial charge on any atom is -0.477 e. The van der Waals surface area contributed by atoms with Crippen molar-refractivity contribution in [3.63, 3.8) is 0 Å². The maximum absolute atomic E-state index is 12.6. The molecule has 9 heteroatoms. The molecule has 1 aliphatic heterocycles. The molecule has 2 N–H and O–H groups in total. The molecule has 1 aromatic heterocycles. The van der Waals surface area contributed by atoms with Crippen LogP contribution in [0.2, 0.25) is 0 Å². The van der Waals surface area contributed by atoms with E-state index in [-0.39, 0.29) is 42.4 Å². The number of methoxy groups -OCH3 is 1. The summed E-state index contributed by atoms with van der Waals surface area (Å²) in [6.45, 7) is 7.62. The average Bonchev–Trinajstić information content (AvgIpc) is 2.83. The Labute approximate surface area is 205 Å². The van der Waals surface area contributed by atoms with E-state index in [4.69, 9.17) is 14.2 Å². The van der Waals surface area contributed by atoms with Gasteiger partial charge < -0.3 is 29.2 Å². The van der Waals surface area contributed by atoms with E-state index < -0.39 is 11.4 Å². The molecule has 1 aromatic carbocycles. The van der Waals surface area contributed by atoms with Crippen molar-refractivity contribution in [2.24, 2.45) is 5.92 Å². The van der Waals surface area contributed by atoms with Crippen LogP contribution in [0.3, 0.4) is 0 Å². The van der Waals surface area contributed by atoms with E-state index in [1.165, 1.54) is 6.20 Å². The van der Waals surface area contributed by atoms with Crippen LogP contribution >= 0.6 is 0 Å². The molecular weight excluding hydrogens is 452 g/mol. The van der Waals surface area contributed by atoms with Gasteiger partial charge in [-0.2, -0.15) is 0 Å². The third-order valence-corrected chi connectivity index (χ3v) is 6.53. The second-order valence-electron chi connectivity index (χ2n) is 9.09. The molecule has 3 rings (SSSR count). The van der Waals surface area contributed by atoms with Crippen LogP contribution < -0.4 is 10.7 Å². The van der Waals surface area contributed by atoms with Crippen molar-refractivity contribution in [1.82, 2.24) is 9.88 Å². The average molecular weight is 489 g/mol. The number of nitrogens with zero attached hydrogens (tertiary/aromatic N) is 1. The van der Waals surface area contributed by atoms with Crippen LogP contribution in [-0.2, 0) is 32.0 Å². The predicted octanol–water partition coefficient (Wildman–Crippen LogP) is 2.96. The van der Waals surface area contributed by atoms with Gasteiger partial charge in [-0.15, -0.1) is 0 Å². The molecule has 192 valence electrons. The number of aryl methyl sites for hydroxylation is 2. The Morgan fingerprint density at radius 2 is 2.03 bits per heavy atom. The number of rotatable bonds is 11. The van der Waals surface area contributed by atoms with Crippen molar-refractivity contribution in [2.45, 2.75) is 71.5 Å². The molecule has 1 aliphatic rings. The lowest BCUT2D eigenvalue weighted by molar-refractivity contribution is -0.230. The van der Waals surface area contributed by atoms with Gasteiger partial charge in [-0.05, 0) is 50.9 Å². The Hall–Kier alpha value is -2.75. The lowest BCUT2D eigenvalue weighted by Gasteiger charge is -2.37. The number of ether oxygens (including phenoxy) is 3. The van der Waals surface area contributed by atoms with Crippen LogP contribution in [-0.4, -0.2) is 60.3 Å². The number of carbonyl (C=O) groups is 2. The summed E-state index contributed by atoms with van der Waals surface area (Å²) in [5.41, 5.74) is 1.02. The summed E-state index contributed by atoms with van der Waals surface area (Å²) in [7, 11) is 1.61. The van der Waals surface area contributed by atoms with Gasteiger partial charge in [0.1, 0.15) is 11.7 Å². The fourth-order valence-corrected chi connectivity index (χ4v) is 4.59. The summed E-state index contributed by atoms with van der Waals surface area (Å²) < 4.78 is 18.4. The Morgan fingerprint density at radius 1 is 1.26 bits per heavy atom. The molecule has 0 amide bonds. The van der Waals surface area contributed by atoms with Crippen LogP contribution in [0.4, 0.5) is 0 Å². The molecule has 4 unspecified atom stereocenters. The first-order valence-electron chi connectivity index (χ1n) is 12.2. The van der Waals surface area contributed by atoms with Gasteiger partial charge in [0, 0.05) is 44.1 Å². The molecule has 0 saturated carbocycles. The number of carbonyl (C=O) groups excluding carboxylic acids is 1. The highest BCUT2D eigenvalue weighted by Crippen LogP contribution is 2.28. The first-order chi connectivity index (χ1) is 16.7. The normalized spacial score (nSPS) is 22.3.